The van der Waals surface area contributed by atoms with Crippen LogP contribution in [0.2, 0.25) is 5.02 Å². The lowest BCUT2D eigenvalue weighted by Gasteiger charge is -2.09. The molecule has 1 aromatic heterocycles. The highest BCUT2D eigenvalue weighted by Gasteiger charge is 2.16. The first-order chi connectivity index (χ1) is 8.24. The first-order valence-corrected chi connectivity index (χ1v) is 6.15. The van der Waals surface area contributed by atoms with Crippen LogP contribution in [0.5, 0.6) is 0 Å². The highest BCUT2D eigenvalue weighted by Crippen LogP contribution is 2.17. The van der Waals surface area contributed by atoms with Crippen LogP contribution >= 0.6 is 11.6 Å². The lowest BCUT2D eigenvalue weighted by molar-refractivity contribution is -0.116. The monoisotopic (exact) mass is 254 g/mol. The molecule has 0 radical (unpaired) electrons. The van der Waals surface area contributed by atoms with E-state index in [0.29, 0.717) is 17.3 Å². The van der Waals surface area contributed by atoms with Crippen LogP contribution in [0.25, 0.3) is 0 Å². The molecule has 0 aliphatic carbocycles. The van der Waals surface area contributed by atoms with E-state index in [1.807, 2.05) is 0 Å². The minimum atomic E-state index is -0.0460. The molecule has 17 heavy (non-hydrogen) atoms. The van der Waals surface area contributed by atoms with Gasteiger partial charge in [0.1, 0.15) is 5.82 Å². The lowest BCUT2D eigenvalue weighted by atomic mass is 10.1. The molecule has 1 fully saturated rings. The number of aromatic nitrogens is 1. The predicted octanol–water partition coefficient (Wildman–Crippen LogP) is 2.63. The summed E-state index contributed by atoms with van der Waals surface area (Å²) in [7, 11) is 0. The Kier molecular flexibility index (Phi) is 4.34. The molecule has 0 saturated carbocycles. The number of halogens is 1. The first-order valence-electron chi connectivity index (χ1n) is 5.77. The fraction of sp³-hybridized carbons (Fsp3) is 0.500. The number of hydrogen-bond acceptors (Lipinski definition) is 3. The van der Waals surface area contributed by atoms with Crippen molar-refractivity contribution in [3.8, 4) is 0 Å². The molecule has 1 saturated heterocycles. The van der Waals surface area contributed by atoms with Gasteiger partial charge in [0, 0.05) is 24.2 Å². The van der Waals surface area contributed by atoms with Gasteiger partial charge in [-0.1, -0.05) is 11.6 Å². The minimum absolute atomic E-state index is 0.0460. The number of nitrogens with one attached hydrogen (secondary N) is 1. The summed E-state index contributed by atoms with van der Waals surface area (Å²) in [6.45, 7) is 0.822. The van der Waals surface area contributed by atoms with Crippen LogP contribution in [0.1, 0.15) is 25.7 Å². The van der Waals surface area contributed by atoms with Crippen LogP contribution in [-0.4, -0.2) is 23.6 Å². The van der Waals surface area contributed by atoms with Crippen LogP contribution in [0, 0.1) is 0 Å². The van der Waals surface area contributed by atoms with Gasteiger partial charge in [-0.3, -0.25) is 4.79 Å². The SMILES string of the molecule is O=C(CCC1CCCO1)Nc1cc(Cl)ccn1. The summed E-state index contributed by atoms with van der Waals surface area (Å²) >= 11 is 5.80. The lowest BCUT2D eigenvalue weighted by Crippen LogP contribution is -2.15. The normalized spacial score (nSPS) is 19.2. The van der Waals surface area contributed by atoms with E-state index in [1.165, 1.54) is 0 Å². The first kappa shape index (κ1) is 12.3. The fourth-order valence-corrected chi connectivity index (χ4v) is 2.00. The summed E-state index contributed by atoms with van der Waals surface area (Å²) in [5.74, 6) is 0.449. The third kappa shape index (κ3) is 3.98. The van der Waals surface area contributed by atoms with Crippen molar-refractivity contribution in [1.29, 1.82) is 0 Å². The van der Waals surface area contributed by atoms with E-state index < -0.39 is 0 Å². The number of carbonyl (C=O) groups excluding carboxylic acids is 1. The Morgan fingerprint density at radius 1 is 1.65 bits per heavy atom. The maximum atomic E-state index is 11.6. The molecule has 1 N–H and O–H groups in total. The summed E-state index contributed by atoms with van der Waals surface area (Å²) < 4.78 is 5.46. The van der Waals surface area contributed by atoms with Crippen LogP contribution in [-0.2, 0) is 9.53 Å². The fourth-order valence-electron chi connectivity index (χ4n) is 1.84. The van der Waals surface area contributed by atoms with Crippen molar-refractivity contribution in [1.82, 2.24) is 4.98 Å². The zero-order valence-corrected chi connectivity index (χ0v) is 10.2. The molecule has 1 unspecified atom stereocenters. The third-order valence-corrected chi connectivity index (χ3v) is 2.94. The van der Waals surface area contributed by atoms with Crippen LogP contribution in [0.4, 0.5) is 5.82 Å². The summed E-state index contributed by atoms with van der Waals surface area (Å²) in [6, 6.07) is 3.30. The topological polar surface area (TPSA) is 51.2 Å². The van der Waals surface area contributed by atoms with Gasteiger partial charge < -0.3 is 10.1 Å². The van der Waals surface area contributed by atoms with Crippen molar-refractivity contribution < 1.29 is 9.53 Å². The summed E-state index contributed by atoms with van der Waals surface area (Å²) in [5.41, 5.74) is 0. The summed E-state index contributed by atoms with van der Waals surface area (Å²) in [6.07, 6.45) is 5.20. The molecule has 1 atom stereocenters. The number of amides is 1. The molecule has 0 aromatic carbocycles. The largest absolute Gasteiger partial charge is 0.378 e. The second kappa shape index (κ2) is 5.98. The molecule has 5 heteroatoms. The Bertz CT molecular complexity index is 392. The number of anilines is 1. The van der Waals surface area contributed by atoms with Gasteiger partial charge in [-0.15, -0.1) is 0 Å². The molecule has 2 rings (SSSR count). The van der Waals surface area contributed by atoms with Crippen molar-refractivity contribution in [2.45, 2.75) is 31.8 Å². The molecule has 1 aliphatic heterocycles. The molecule has 1 aromatic rings. The Morgan fingerprint density at radius 3 is 3.24 bits per heavy atom. The molecule has 2 heterocycles. The minimum Gasteiger partial charge on any atom is -0.378 e. The second-order valence-electron chi connectivity index (χ2n) is 4.08. The number of nitrogens with zero attached hydrogens (tertiary/aromatic N) is 1. The molecule has 1 aliphatic rings. The van der Waals surface area contributed by atoms with Gasteiger partial charge >= 0.3 is 0 Å². The summed E-state index contributed by atoms with van der Waals surface area (Å²) in [5, 5.41) is 3.28. The van der Waals surface area contributed by atoms with Crippen molar-refractivity contribution >= 4 is 23.3 Å². The van der Waals surface area contributed by atoms with Gasteiger partial charge in [0.25, 0.3) is 0 Å². The maximum Gasteiger partial charge on any atom is 0.225 e. The van der Waals surface area contributed by atoms with Gasteiger partial charge in [0.05, 0.1) is 6.10 Å². The maximum absolute atomic E-state index is 11.6. The molecule has 92 valence electrons. The number of carbonyl (C=O) groups is 1. The number of ether oxygens (including phenoxy) is 1. The molecule has 0 bridgehead atoms. The van der Waals surface area contributed by atoms with E-state index in [0.717, 1.165) is 25.9 Å². The highest BCUT2D eigenvalue weighted by atomic mass is 35.5. The molecule has 0 spiro atoms. The van der Waals surface area contributed by atoms with Gasteiger partial charge in [0.15, 0.2) is 0 Å². The van der Waals surface area contributed by atoms with Gasteiger partial charge in [-0.2, -0.15) is 0 Å². The van der Waals surface area contributed by atoms with Crippen LogP contribution in [0.15, 0.2) is 18.3 Å². The smallest absolute Gasteiger partial charge is 0.225 e. The Balaban J connectivity index is 1.76. The standard InChI is InChI=1S/C12H15ClN2O2/c13-9-5-6-14-11(8-9)15-12(16)4-3-10-2-1-7-17-10/h5-6,8,10H,1-4,7H2,(H,14,15,16). The highest BCUT2D eigenvalue weighted by molar-refractivity contribution is 6.30. The van der Waals surface area contributed by atoms with Crippen molar-refractivity contribution in [3.05, 3.63) is 23.4 Å². The van der Waals surface area contributed by atoms with E-state index in [-0.39, 0.29) is 12.0 Å². The second-order valence-corrected chi connectivity index (χ2v) is 4.52. The van der Waals surface area contributed by atoms with Crippen molar-refractivity contribution in [2.75, 3.05) is 11.9 Å². The van der Waals surface area contributed by atoms with Crippen molar-refractivity contribution in [2.24, 2.45) is 0 Å². The van der Waals surface area contributed by atoms with E-state index in [4.69, 9.17) is 16.3 Å². The molecule has 4 nitrogen and oxygen atoms in total. The zero-order chi connectivity index (χ0) is 12.1. The van der Waals surface area contributed by atoms with Crippen LogP contribution < -0.4 is 5.32 Å². The van der Waals surface area contributed by atoms with E-state index in [9.17, 15) is 4.79 Å². The average Bonchev–Trinajstić information content (AvgIpc) is 2.79. The molecular weight excluding hydrogens is 240 g/mol. The Labute approximate surface area is 105 Å². The van der Waals surface area contributed by atoms with E-state index in [2.05, 4.69) is 10.3 Å². The summed E-state index contributed by atoms with van der Waals surface area (Å²) in [4.78, 5) is 15.6. The van der Waals surface area contributed by atoms with Crippen molar-refractivity contribution in [3.63, 3.8) is 0 Å². The Morgan fingerprint density at radius 2 is 2.53 bits per heavy atom. The van der Waals surface area contributed by atoms with E-state index >= 15 is 0 Å². The third-order valence-electron chi connectivity index (χ3n) is 2.71. The van der Waals surface area contributed by atoms with Gasteiger partial charge in [-0.05, 0) is 31.4 Å². The number of hydrogen-bond donors (Lipinski definition) is 1. The van der Waals surface area contributed by atoms with Crippen LogP contribution in [0.3, 0.4) is 0 Å². The average molecular weight is 255 g/mol. The number of pyridine rings is 1. The van der Waals surface area contributed by atoms with E-state index in [1.54, 1.807) is 18.3 Å². The molecular formula is C12H15ClN2O2. The Hall–Kier alpha value is -1.13. The molecule has 1 amide bonds. The quantitative estimate of drug-likeness (QED) is 0.899. The number of rotatable bonds is 4. The van der Waals surface area contributed by atoms with Gasteiger partial charge in [-0.25, -0.2) is 4.98 Å². The van der Waals surface area contributed by atoms with Gasteiger partial charge in [0.2, 0.25) is 5.91 Å². The predicted molar refractivity (Wildman–Crippen MR) is 66.1 cm³/mol. The zero-order valence-electron chi connectivity index (χ0n) is 9.49.